The van der Waals surface area contributed by atoms with Crippen LogP contribution in [-0.4, -0.2) is 36.1 Å². The van der Waals surface area contributed by atoms with Gasteiger partial charge in [-0.1, -0.05) is 48.5 Å². The van der Waals surface area contributed by atoms with Gasteiger partial charge in [0.05, 0.1) is 6.04 Å². The van der Waals surface area contributed by atoms with Crippen LogP contribution in [-0.2, 0) is 22.6 Å². The number of rotatable bonds is 11. The van der Waals surface area contributed by atoms with Crippen LogP contribution in [0.15, 0.2) is 60.8 Å². The molecular formula is C24H30N4O3. The van der Waals surface area contributed by atoms with Gasteiger partial charge in [-0.25, -0.2) is 4.79 Å². The highest BCUT2D eigenvalue weighted by molar-refractivity contribution is 5.86. The number of hydrogen-bond acceptors (Lipinski definition) is 4. The van der Waals surface area contributed by atoms with Crippen molar-refractivity contribution in [3.63, 3.8) is 0 Å². The van der Waals surface area contributed by atoms with Crippen LogP contribution in [0.1, 0.15) is 30.4 Å². The van der Waals surface area contributed by atoms with E-state index in [0.29, 0.717) is 19.5 Å². The third-order valence-electron chi connectivity index (χ3n) is 5.09. The summed E-state index contributed by atoms with van der Waals surface area (Å²) in [5.74, 6) is -0.145. The van der Waals surface area contributed by atoms with Crippen LogP contribution in [0.5, 0.6) is 0 Å². The first-order valence-corrected chi connectivity index (χ1v) is 10.7. The van der Waals surface area contributed by atoms with Crippen molar-refractivity contribution < 1.29 is 14.3 Å². The maximum atomic E-state index is 12.3. The average molecular weight is 423 g/mol. The van der Waals surface area contributed by atoms with Crippen molar-refractivity contribution in [3.8, 4) is 0 Å². The van der Waals surface area contributed by atoms with E-state index >= 15 is 0 Å². The molecule has 0 unspecified atom stereocenters. The molecular weight excluding hydrogens is 392 g/mol. The highest BCUT2D eigenvalue weighted by atomic mass is 16.5. The molecule has 1 aromatic heterocycles. The number of aromatic nitrogens is 1. The van der Waals surface area contributed by atoms with Gasteiger partial charge in [0.1, 0.15) is 6.61 Å². The predicted molar refractivity (Wildman–Crippen MR) is 121 cm³/mol. The molecule has 7 heteroatoms. The van der Waals surface area contributed by atoms with Crippen molar-refractivity contribution in [2.45, 2.75) is 38.3 Å². The molecule has 1 atom stereocenters. The molecule has 0 saturated heterocycles. The Balaban J connectivity index is 1.23. The van der Waals surface area contributed by atoms with Crippen LogP contribution in [0.4, 0.5) is 4.79 Å². The monoisotopic (exact) mass is 422 g/mol. The number of fused-ring (bicyclic) bond motifs is 1. The van der Waals surface area contributed by atoms with E-state index in [4.69, 9.17) is 10.5 Å². The topological polar surface area (TPSA) is 109 Å². The summed E-state index contributed by atoms with van der Waals surface area (Å²) in [6.07, 6.45) is 4.52. The minimum absolute atomic E-state index is 0.145. The quantitative estimate of drug-likeness (QED) is 0.356. The van der Waals surface area contributed by atoms with E-state index in [1.165, 1.54) is 0 Å². The lowest BCUT2D eigenvalue weighted by Gasteiger charge is -2.12. The molecule has 0 aliphatic carbocycles. The second-order valence-corrected chi connectivity index (χ2v) is 7.51. The Kier molecular flexibility index (Phi) is 8.48. The average Bonchev–Trinajstić information content (AvgIpc) is 3.20. The predicted octanol–water partition coefficient (Wildman–Crippen LogP) is 3.25. The van der Waals surface area contributed by atoms with Crippen LogP contribution < -0.4 is 16.4 Å². The number of nitrogens with two attached hydrogens (primary N) is 1. The molecule has 1 heterocycles. The summed E-state index contributed by atoms with van der Waals surface area (Å²) in [7, 11) is 0. The molecule has 5 N–H and O–H groups in total. The standard InChI is InChI=1S/C24H30N4O3/c25-21(15-19-16-28-22-12-6-5-11-20(19)22)23(29)26-13-7-2-8-14-27-24(30)31-17-18-9-3-1-4-10-18/h1,3-6,9-12,16,21,28H,2,7-8,13-15,17,25H2,(H,26,29)(H,27,30)/t21-/m1/s1. The number of amides is 2. The molecule has 3 aromatic rings. The Morgan fingerprint density at radius 2 is 1.65 bits per heavy atom. The van der Waals surface area contributed by atoms with Crippen molar-refractivity contribution >= 4 is 22.9 Å². The number of H-pyrrole nitrogens is 1. The molecule has 0 bridgehead atoms. The fourth-order valence-electron chi connectivity index (χ4n) is 3.36. The van der Waals surface area contributed by atoms with Crippen LogP contribution in [0, 0.1) is 0 Å². The van der Waals surface area contributed by atoms with E-state index in [2.05, 4.69) is 15.6 Å². The van der Waals surface area contributed by atoms with Gasteiger partial charge in [0, 0.05) is 30.2 Å². The normalized spacial score (nSPS) is 11.8. The molecule has 0 fully saturated rings. The molecule has 164 valence electrons. The first-order valence-electron chi connectivity index (χ1n) is 10.7. The third kappa shape index (κ3) is 7.15. The lowest BCUT2D eigenvalue weighted by atomic mass is 10.1. The van der Waals surface area contributed by atoms with E-state index in [1.807, 2.05) is 60.8 Å². The zero-order valence-electron chi connectivity index (χ0n) is 17.6. The minimum Gasteiger partial charge on any atom is -0.445 e. The molecule has 0 saturated carbocycles. The highest BCUT2D eigenvalue weighted by Crippen LogP contribution is 2.18. The van der Waals surface area contributed by atoms with Crippen molar-refractivity contribution in [3.05, 3.63) is 71.9 Å². The SMILES string of the molecule is N[C@H](Cc1c[nH]c2ccccc12)C(=O)NCCCCCNC(=O)OCc1ccccc1. The number of hydrogen-bond donors (Lipinski definition) is 4. The summed E-state index contributed by atoms with van der Waals surface area (Å²) in [5, 5.41) is 6.73. The van der Waals surface area contributed by atoms with Gasteiger partial charge >= 0.3 is 6.09 Å². The van der Waals surface area contributed by atoms with E-state index in [9.17, 15) is 9.59 Å². The van der Waals surface area contributed by atoms with Crippen molar-refractivity contribution in [2.24, 2.45) is 5.73 Å². The Hall–Kier alpha value is -3.32. The van der Waals surface area contributed by atoms with E-state index in [0.717, 1.165) is 41.3 Å². The second kappa shape index (κ2) is 11.8. The molecule has 31 heavy (non-hydrogen) atoms. The van der Waals surface area contributed by atoms with Crippen LogP contribution in [0.2, 0.25) is 0 Å². The number of para-hydroxylation sites is 1. The van der Waals surface area contributed by atoms with Gasteiger partial charge in [-0.05, 0) is 42.9 Å². The number of aromatic amines is 1. The summed E-state index contributed by atoms with van der Waals surface area (Å²) in [6.45, 7) is 1.37. The number of alkyl carbamates (subject to hydrolysis) is 1. The highest BCUT2D eigenvalue weighted by Gasteiger charge is 2.15. The fourth-order valence-corrected chi connectivity index (χ4v) is 3.36. The number of carbonyl (C=O) groups excluding carboxylic acids is 2. The van der Waals surface area contributed by atoms with Crippen molar-refractivity contribution in [1.82, 2.24) is 15.6 Å². The molecule has 0 spiro atoms. The molecule has 0 aliphatic heterocycles. The number of carbonyl (C=O) groups is 2. The maximum absolute atomic E-state index is 12.3. The van der Waals surface area contributed by atoms with Gasteiger partial charge in [0.25, 0.3) is 0 Å². The van der Waals surface area contributed by atoms with Gasteiger partial charge in [0.2, 0.25) is 5.91 Å². The van der Waals surface area contributed by atoms with Crippen molar-refractivity contribution in [2.75, 3.05) is 13.1 Å². The number of ether oxygens (including phenoxy) is 1. The molecule has 0 radical (unpaired) electrons. The lowest BCUT2D eigenvalue weighted by molar-refractivity contribution is -0.122. The Labute approximate surface area is 182 Å². The van der Waals surface area contributed by atoms with Gasteiger partial charge in [-0.3, -0.25) is 4.79 Å². The number of nitrogens with one attached hydrogen (secondary N) is 3. The maximum Gasteiger partial charge on any atom is 0.407 e. The zero-order chi connectivity index (χ0) is 21.9. The molecule has 7 nitrogen and oxygen atoms in total. The Morgan fingerprint density at radius 3 is 2.45 bits per heavy atom. The van der Waals surface area contributed by atoms with E-state index in [1.54, 1.807) is 0 Å². The Morgan fingerprint density at radius 1 is 0.935 bits per heavy atom. The van der Waals surface area contributed by atoms with Gasteiger partial charge in [-0.15, -0.1) is 0 Å². The zero-order valence-corrected chi connectivity index (χ0v) is 17.6. The molecule has 3 rings (SSSR count). The fraction of sp³-hybridized carbons (Fsp3) is 0.333. The molecule has 0 aliphatic rings. The van der Waals surface area contributed by atoms with Gasteiger partial charge < -0.3 is 26.1 Å². The first-order chi connectivity index (χ1) is 15.1. The van der Waals surface area contributed by atoms with E-state index < -0.39 is 12.1 Å². The number of unbranched alkanes of at least 4 members (excludes halogenated alkanes) is 2. The van der Waals surface area contributed by atoms with Gasteiger partial charge in [0.15, 0.2) is 0 Å². The van der Waals surface area contributed by atoms with Crippen LogP contribution in [0.3, 0.4) is 0 Å². The lowest BCUT2D eigenvalue weighted by Crippen LogP contribution is -2.42. The van der Waals surface area contributed by atoms with Crippen LogP contribution >= 0.6 is 0 Å². The molecule has 2 aromatic carbocycles. The van der Waals surface area contributed by atoms with Crippen molar-refractivity contribution in [1.29, 1.82) is 0 Å². The largest absolute Gasteiger partial charge is 0.445 e. The summed E-state index contributed by atoms with van der Waals surface area (Å²) < 4.78 is 5.16. The van der Waals surface area contributed by atoms with E-state index in [-0.39, 0.29) is 12.5 Å². The summed E-state index contributed by atoms with van der Waals surface area (Å²) >= 11 is 0. The van der Waals surface area contributed by atoms with Gasteiger partial charge in [-0.2, -0.15) is 0 Å². The summed E-state index contributed by atoms with van der Waals surface area (Å²) in [6, 6.07) is 16.9. The van der Waals surface area contributed by atoms with Crippen LogP contribution in [0.25, 0.3) is 10.9 Å². The first kappa shape index (κ1) is 22.4. The third-order valence-corrected chi connectivity index (χ3v) is 5.09. The summed E-state index contributed by atoms with van der Waals surface area (Å²) in [5.41, 5.74) is 9.12. The summed E-state index contributed by atoms with van der Waals surface area (Å²) in [4.78, 5) is 27.1. The number of benzene rings is 2. The molecule has 2 amide bonds. The Bertz CT molecular complexity index is 971. The minimum atomic E-state index is -0.583. The smallest absolute Gasteiger partial charge is 0.407 e. The second-order valence-electron chi connectivity index (χ2n) is 7.51.